The zero-order chi connectivity index (χ0) is 12.7. The molecular formula is C12H21NO3S. The minimum Gasteiger partial charge on any atom is -0.327 e. The van der Waals surface area contributed by atoms with E-state index in [1.165, 1.54) is 0 Å². The zero-order valence-electron chi connectivity index (χ0n) is 11.0. The molecule has 0 atom stereocenters. The fourth-order valence-electron chi connectivity index (χ4n) is 1.65. The minimum atomic E-state index is -0.987. The van der Waals surface area contributed by atoms with Crippen LogP contribution in [0, 0.1) is 6.92 Å². The molecule has 0 amide bonds. The first-order valence-electron chi connectivity index (χ1n) is 5.98. The maximum absolute atomic E-state index is 5.64. The predicted molar refractivity (Wildman–Crippen MR) is 68.2 cm³/mol. The number of aromatic nitrogens is 1. The second kappa shape index (κ2) is 7.06. The van der Waals surface area contributed by atoms with Crippen molar-refractivity contribution in [2.24, 2.45) is 0 Å². The number of aryl methyl sites for hydroxylation is 1. The number of thiazole rings is 1. The van der Waals surface area contributed by atoms with Crippen LogP contribution < -0.4 is 0 Å². The van der Waals surface area contributed by atoms with Gasteiger partial charge in [0.05, 0.1) is 17.1 Å². The Morgan fingerprint density at radius 1 is 1.12 bits per heavy atom. The van der Waals surface area contributed by atoms with Crippen molar-refractivity contribution in [2.75, 3.05) is 19.8 Å². The van der Waals surface area contributed by atoms with E-state index >= 15 is 0 Å². The highest BCUT2D eigenvalue weighted by Gasteiger charge is 2.33. The van der Waals surface area contributed by atoms with Crippen molar-refractivity contribution < 1.29 is 14.2 Å². The van der Waals surface area contributed by atoms with E-state index in [-0.39, 0.29) is 0 Å². The predicted octanol–water partition coefficient (Wildman–Crippen LogP) is 2.76. The molecule has 1 rings (SSSR count). The van der Waals surface area contributed by atoms with Crippen molar-refractivity contribution in [1.82, 2.24) is 4.98 Å². The molecule has 98 valence electrons. The fourth-order valence-corrected chi connectivity index (χ4v) is 2.26. The molecule has 0 radical (unpaired) electrons. The highest BCUT2D eigenvalue weighted by Crippen LogP contribution is 2.22. The molecule has 0 saturated carbocycles. The van der Waals surface area contributed by atoms with Crippen molar-refractivity contribution in [1.29, 1.82) is 0 Å². The normalized spacial score (nSPS) is 12.0. The highest BCUT2D eigenvalue weighted by molar-refractivity contribution is 7.09. The lowest BCUT2D eigenvalue weighted by atomic mass is 10.3. The van der Waals surface area contributed by atoms with E-state index in [1.807, 2.05) is 33.1 Å². The number of ether oxygens (including phenoxy) is 3. The monoisotopic (exact) mass is 259 g/mol. The van der Waals surface area contributed by atoms with Crippen LogP contribution in [0.3, 0.4) is 0 Å². The molecule has 0 aliphatic carbocycles. The molecule has 1 aromatic rings. The highest BCUT2D eigenvalue weighted by atomic mass is 32.1. The minimum absolute atomic E-state index is 0.521. The molecule has 0 fully saturated rings. The molecule has 1 aromatic heterocycles. The second-order valence-electron chi connectivity index (χ2n) is 3.52. The van der Waals surface area contributed by atoms with Gasteiger partial charge in [-0.3, -0.25) is 0 Å². The topological polar surface area (TPSA) is 40.6 Å². The van der Waals surface area contributed by atoms with Gasteiger partial charge in [0.2, 0.25) is 0 Å². The van der Waals surface area contributed by atoms with Crippen molar-refractivity contribution in [3.05, 3.63) is 16.1 Å². The van der Waals surface area contributed by atoms with Gasteiger partial charge in [-0.25, -0.2) is 4.98 Å². The summed E-state index contributed by atoms with van der Waals surface area (Å²) in [6, 6.07) is 0. The Labute approximate surface area is 107 Å². The average molecular weight is 259 g/mol. The van der Waals surface area contributed by atoms with Crippen LogP contribution in [0.4, 0.5) is 0 Å². The molecule has 0 aliphatic heterocycles. The van der Waals surface area contributed by atoms with Crippen LogP contribution in [-0.2, 0) is 20.6 Å². The molecule has 17 heavy (non-hydrogen) atoms. The molecule has 0 bridgehead atoms. The number of nitrogens with zero attached hydrogens (tertiary/aromatic N) is 1. The van der Waals surface area contributed by atoms with Gasteiger partial charge in [0.1, 0.15) is 0 Å². The van der Waals surface area contributed by atoms with E-state index in [4.69, 9.17) is 14.2 Å². The van der Waals surface area contributed by atoms with Crippen LogP contribution in [0.15, 0.2) is 5.38 Å². The number of rotatable bonds is 8. The molecule has 1 heterocycles. The standard InChI is InChI=1S/C12H21NO3S/c1-5-14-12(15-6-2,16-7-3)8-11-9-17-10(4)13-11/h9H,5-8H2,1-4H3. The molecule has 0 spiro atoms. The van der Waals surface area contributed by atoms with Crippen LogP contribution in [0.1, 0.15) is 31.5 Å². The van der Waals surface area contributed by atoms with Gasteiger partial charge in [0.25, 0.3) is 5.97 Å². The Kier molecular flexibility index (Phi) is 6.05. The molecule has 5 heteroatoms. The maximum atomic E-state index is 5.64. The van der Waals surface area contributed by atoms with Gasteiger partial charge in [0.15, 0.2) is 0 Å². The lowest BCUT2D eigenvalue weighted by molar-refractivity contribution is -0.376. The number of hydrogen-bond acceptors (Lipinski definition) is 5. The summed E-state index contributed by atoms with van der Waals surface area (Å²) in [5.74, 6) is -0.987. The van der Waals surface area contributed by atoms with Gasteiger partial charge in [0, 0.05) is 25.2 Å². The molecule has 0 unspecified atom stereocenters. The summed E-state index contributed by atoms with van der Waals surface area (Å²) >= 11 is 1.62. The summed E-state index contributed by atoms with van der Waals surface area (Å²) in [5.41, 5.74) is 0.947. The molecule has 0 N–H and O–H groups in total. The first-order chi connectivity index (χ1) is 8.15. The van der Waals surface area contributed by atoms with E-state index in [0.29, 0.717) is 26.2 Å². The lowest BCUT2D eigenvalue weighted by Gasteiger charge is -2.31. The molecule has 0 aromatic carbocycles. The molecule has 0 aliphatic rings. The van der Waals surface area contributed by atoms with E-state index in [2.05, 4.69) is 4.98 Å². The van der Waals surface area contributed by atoms with E-state index in [1.54, 1.807) is 11.3 Å². The Hall–Kier alpha value is -0.490. The van der Waals surface area contributed by atoms with Crippen molar-refractivity contribution >= 4 is 11.3 Å². The summed E-state index contributed by atoms with van der Waals surface area (Å²) in [5, 5.41) is 3.06. The van der Waals surface area contributed by atoms with Gasteiger partial charge in [-0.2, -0.15) is 0 Å². The SMILES string of the molecule is CCOC(Cc1csc(C)n1)(OCC)OCC. The largest absolute Gasteiger partial charge is 0.327 e. The average Bonchev–Trinajstić information content (AvgIpc) is 2.65. The van der Waals surface area contributed by atoms with Crippen molar-refractivity contribution in [3.63, 3.8) is 0 Å². The van der Waals surface area contributed by atoms with Crippen LogP contribution >= 0.6 is 11.3 Å². The zero-order valence-corrected chi connectivity index (χ0v) is 11.8. The van der Waals surface area contributed by atoms with Gasteiger partial charge in [-0.05, 0) is 27.7 Å². The smallest absolute Gasteiger partial charge is 0.288 e. The van der Waals surface area contributed by atoms with E-state index < -0.39 is 5.97 Å². The van der Waals surface area contributed by atoms with Gasteiger partial charge >= 0.3 is 0 Å². The van der Waals surface area contributed by atoms with Crippen LogP contribution in [0.25, 0.3) is 0 Å². The van der Waals surface area contributed by atoms with Crippen molar-refractivity contribution in [2.45, 2.75) is 40.1 Å². The number of hydrogen-bond donors (Lipinski definition) is 0. The van der Waals surface area contributed by atoms with Gasteiger partial charge in [-0.1, -0.05) is 0 Å². The Morgan fingerprint density at radius 2 is 1.65 bits per heavy atom. The molecule has 4 nitrogen and oxygen atoms in total. The quantitative estimate of drug-likeness (QED) is 0.673. The Balaban J connectivity index is 2.79. The van der Waals surface area contributed by atoms with Crippen LogP contribution in [0.2, 0.25) is 0 Å². The summed E-state index contributed by atoms with van der Waals surface area (Å²) in [7, 11) is 0. The Morgan fingerprint density at radius 3 is 2.00 bits per heavy atom. The van der Waals surface area contributed by atoms with Crippen molar-refractivity contribution in [3.8, 4) is 0 Å². The molecule has 0 saturated heterocycles. The van der Waals surface area contributed by atoms with Crippen LogP contribution in [0.5, 0.6) is 0 Å². The van der Waals surface area contributed by atoms with E-state index in [9.17, 15) is 0 Å². The van der Waals surface area contributed by atoms with Gasteiger partial charge in [-0.15, -0.1) is 11.3 Å². The summed E-state index contributed by atoms with van der Waals surface area (Å²) in [6.45, 7) is 9.41. The third-order valence-corrected chi connectivity index (χ3v) is 2.98. The first-order valence-corrected chi connectivity index (χ1v) is 6.86. The first kappa shape index (κ1) is 14.6. The Bertz CT molecular complexity index is 310. The fraction of sp³-hybridized carbons (Fsp3) is 0.750. The third kappa shape index (κ3) is 4.35. The third-order valence-electron chi connectivity index (χ3n) is 2.16. The lowest BCUT2D eigenvalue weighted by Crippen LogP contribution is -2.41. The van der Waals surface area contributed by atoms with Gasteiger partial charge < -0.3 is 14.2 Å². The summed E-state index contributed by atoms with van der Waals surface area (Å²) in [6.07, 6.45) is 0.521. The van der Waals surface area contributed by atoms with E-state index in [0.717, 1.165) is 10.7 Å². The summed E-state index contributed by atoms with van der Waals surface area (Å²) in [4.78, 5) is 4.42. The second-order valence-corrected chi connectivity index (χ2v) is 4.58. The maximum Gasteiger partial charge on any atom is 0.288 e. The summed E-state index contributed by atoms with van der Waals surface area (Å²) < 4.78 is 16.9. The molecular weight excluding hydrogens is 238 g/mol. The van der Waals surface area contributed by atoms with Crippen LogP contribution in [-0.4, -0.2) is 30.8 Å².